The highest BCUT2D eigenvalue weighted by atomic mass is 32.2. The predicted molar refractivity (Wildman–Crippen MR) is 108 cm³/mol. The first-order chi connectivity index (χ1) is 12.9. The van der Waals surface area contributed by atoms with Crippen LogP contribution in [-0.4, -0.2) is 37.6 Å². The van der Waals surface area contributed by atoms with Crippen LogP contribution < -0.4 is 0 Å². The van der Waals surface area contributed by atoms with Crippen molar-refractivity contribution in [3.05, 3.63) is 65.7 Å². The molecule has 5 heteroatoms. The first kappa shape index (κ1) is 19.6. The minimum atomic E-state index is -3.49. The van der Waals surface area contributed by atoms with Gasteiger partial charge >= 0.3 is 0 Å². The van der Waals surface area contributed by atoms with Crippen LogP contribution in [0.4, 0.5) is 0 Å². The van der Waals surface area contributed by atoms with Crippen LogP contribution in [0.15, 0.2) is 59.5 Å². The summed E-state index contributed by atoms with van der Waals surface area (Å²) in [7, 11) is -3.49. The number of benzene rings is 2. The van der Waals surface area contributed by atoms with Crippen LogP contribution in [-0.2, 0) is 16.3 Å². The summed E-state index contributed by atoms with van der Waals surface area (Å²) in [5, 5.41) is -0.553. The molecule has 1 aliphatic rings. The molecule has 0 spiro atoms. The Bertz CT molecular complexity index is 883. The molecule has 0 unspecified atom stereocenters. The standard InChI is InChI=1S/C22H27NO3S/c1-17(2)27(25,26)21-11-7-6-10-20(21)22(24)23-14-12-19(13-15-23)16-18-8-4-3-5-9-18/h3-11,17,19H,12-16H2,1-2H3. The lowest BCUT2D eigenvalue weighted by Crippen LogP contribution is -2.39. The van der Waals surface area contributed by atoms with Gasteiger partial charge in [-0.1, -0.05) is 42.5 Å². The van der Waals surface area contributed by atoms with Crippen LogP contribution in [0.3, 0.4) is 0 Å². The van der Waals surface area contributed by atoms with Gasteiger partial charge in [-0.3, -0.25) is 4.79 Å². The number of sulfone groups is 1. The molecule has 3 rings (SSSR count). The van der Waals surface area contributed by atoms with Gasteiger partial charge in [-0.05, 0) is 56.7 Å². The average molecular weight is 386 g/mol. The Morgan fingerprint density at radius 1 is 1.00 bits per heavy atom. The molecule has 4 nitrogen and oxygen atoms in total. The van der Waals surface area contributed by atoms with Gasteiger partial charge in [0.2, 0.25) is 0 Å². The summed E-state index contributed by atoms with van der Waals surface area (Å²) in [4.78, 5) is 15.0. The van der Waals surface area contributed by atoms with Gasteiger partial charge in [0.15, 0.2) is 9.84 Å². The second-order valence-corrected chi connectivity index (χ2v) is 9.99. The number of piperidine rings is 1. The number of likely N-dealkylation sites (tertiary alicyclic amines) is 1. The summed E-state index contributed by atoms with van der Waals surface area (Å²) in [6.07, 6.45) is 2.92. The molecule has 0 radical (unpaired) electrons. The Morgan fingerprint density at radius 2 is 1.59 bits per heavy atom. The van der Waals surface area contributed by atoms with E-state index in [2.05, 4.69) is 24.3 Å². The lowest BCUT2D eigenvalue weighted by molar-refractivity contribution is 0.0686. The maximum absolute atomic E-state index is 13.0. The van der Waals surface area contributed by atoms with Crippen molar-refractivity contribution < 1.29 is 13.2 Å². The third-order valence-corrected chi connectivity index (χ3v) is 7.52. The SMILES string of the molecule is CC(C)S(=O)(=O)c1ccccc1C(=O)N1CCC(Cc2ccccc2)CC1. The largest absolute Gasteiger partial charge is 0.339 e. The molecule has 0 N–H and O–H groups in total. The van der Waals surface area contributed by atoms with Crippen molar-refractivity contribution in [1.82, 2.24) is 4.90 Å². The van der Waals surface area contributed by atoms with E-state index < -0.39 is 15.1 Å². The van der Waals surface area contributed by atoms with E-state index in [9.17, 15) is 13.2 Å². The fourth-order valence-corrected chi connectivity index (χ4v) is 4.84. The van der Waals surface area contributed by atoms with Crippen molar-refractivity contribution in [1.29, 1.82) is 0 Å². The number of hydrogen-bond acceptors (Lipinski definition) is 3. The molecular weight excluding hydrogens is 358 g/mol. The molecule has 2 aromatic rings. The lowest BCUT2D eigenvalue weighted by Gasteiger charge is -2.32. The van der Waals surface area contributed by atoms with Crippen molar-refractivity contribution >= 4 is 15.7 Å². The zero-order valence-electron chi connectivity index (χ0n) is 16.0. The van der Waals surface area contributed by atoms with E-state index in [1.807, 2.05) is 6.07 Å². The van der Waals surface area contributed by atoms with Crippen molar-refractivity contribution in [3.63, 3.8) is 0 Å². The molecule has 2 aromatic carbocycles. The van der Waals surface area contributed by atoms with Crippen LogP contribution >= 0.6 is 0 Å². The summed E-state index contributed by atoms with van der Waals surface area (Å²) in [5.74, 6) is 0.388. The normalized spacial score (nSPS) is 15.9. The number of carbonyl (C=O) groups excluding carboxylic acids is 1. The number of nitrogens with zero attached hydrogens (tertiary/aromatic N) is 1. The quantitative estimate of drug-likeness (QED) is 0.783. The molecule has 1 amide bonds. The van der Waals surface area contributed by atoms with E-state index in [4.69, 9.17) is 0 Å². The van der Waals surface area contributed by atoms with Gasteiger partial charge in [0, 0.05) is 13.1 Å². The minimum absolute atomic E-state index is 0.149. The van der Waals surface area contributed by atoms with Crippen molar-refractivity contribution in [2.75, 3.05) is 13.1 Å². The highest BCUT2D eigenvalue weighted by Gasteiger charge is 2.29. The summed E-state index contributed by atoms with van der Waals surface area (Å²) < 4.78 is 25.2. The monoisotopic (exact) mass is 385 g/mol. The minimum Gasteiger partial charge on any atom is -0.339 e. The Balaban J connectivity index is 1.70. The highest BCUT2D eigenvalue weighted by Crippen LogP contribution is 2.26. The maximum atomic E-state index is 13.0. The fraction of sp³-hybridized carbons (Fsp3) is 0.409. The van der Waals surface area contributed by atoms with E-state index >= 15 is 0 Å². The molecule has 27 heavy (non-hydrogen) atoms. The number of hydrogen-bond donors (Lipinski definition) is 0. The molecule has 0 aromatic heterocycles. The Hall–Kier alpha value is -2.14. The van der Waals surface area contributed by atoms with Gasteiger partial charge in [0.25, 0.3) is 5.91 Å². The second kappa shape index (κ2) is 8.26. The predicted octanol–water partition coefficient (Wildman–Crippen LogP) is 3.96. The van der Waals surface area contributed by atoms with Crippen molar-refractivity contribution in [2.45, 2.75) is 43.3 Å². The molecule has 1 fully saturated rings. The molecule has 0 aliphatic carbocycles. The summed E-state index contributed by atoms with van der Waals surface area (Å²) in [6.45, 7) is 4.64. The average Bonchev–Trinajstić information content (AvgIpc) is 2.69. The van der Waals surface area contributed by atoms with Crippen LogP contribution in [0.2, 0.25) is 0 Å². The third-order valence-electron chi connectivity index (χ3n) is 5.31. The topological polar surface area (TPSA) is 54.5 Å². The smallest absolute Gasteiger partial charge is 0.255 e. The van der Waals surface area contributed by atoms with E-state index in [1.165, 1.54) is 5.56 Å². The first-order valence-electron chi connectivity index (χ1n) is 9.55. The molecule has 1 heterocycles. The number of carbonyl (C=O) groups is 1. The third kappa shape index (κ3) is 4.41. The number of amides is 1. The number of rotatable bonds is 5. The zero-order valence-corrected chi connectivity index (χ0v) is 16.8. The lowest BCUT2D eigenvalue weighted by atomic mass is 9.90. The van der Waals surface area contributed by atoms with Crippen LogP contribution in [0.1, 0.15) is 42.6 Å². The van der Waals surface area contributed by atoms with E-state index in [1.54, 1.807) is 43.0 Å². The molecule has 1 saturated heterocycles. The van der Waals surface area contributed by atoms with E-state index in [0.717, 1.165) is 19.3 Å². The zero-order chi connectivity index (χ0) is 19.4. The van der Waals surface area contributed by atoms with Crippen LogP contribution in [0, 0.1) is 5.92 Å². The van der Waals surface area contributed by atoms with Crippen molar-refractivity contribution in [3.8, 4) is 0 Å². The Kier molecular flexibility index (Phi) is 6.00. The van der Waals surface area contributed by atoms with Gasteiger partial charge in [0.05, 0.1) is 15.7 Å². The summed E-state index contributed by atoms with van der Waals surface area (Å²) in [5.41, 5.74) is 1.63. The van der Waals surface area contributed by atoms with Gasteiger partial charge in [-0.15, -0.1) is 0 Å². The second-order valence-electron chi connectivity index (χ2n) is 7.52. The van der Waals surface area contributed by atoms with Gasteiger partial charge in [-0.2, -0.15) is 0 Å². The van der Waals surface area contributed by atoms with Gasteiger partial charge in [-0.25, -0.2) is 8.42 Å². The summed E-state index contributed by atoms with van der Waals surface area (Å²) in [6, 6.07) is 17.0. The van der Waals surface area contributed by atoms with Gasteiger partial charge in [0.1, 0.15) is 0 Å². The fourth-order valence-electron chi connectivity index (χ4n) is 3.60. The molecule has 0 atom stereocenters. The van der Waals surface area contributed by atoms with Gasteiger partial charge < -0.3 is 4.90 Å². The van der Waals surface area contributed by atoms with Crippen LogP contribution in [0.25, 0.3) is 0 Å². The van der Waals surface area contributed by atoms with E-state index in [-0.39, 0.29) is 10.8 Å². The first-order valence-corrected chi connectivity index (χ1v) is 11.1. The highest BCUT2D eigenvalue weighted by molar-refractivity contribution is 7.92. The molecule has 0 saturated carbocycles. The summed E-state index contributed by atoms with van der Waals surface area (Å²) >= 11 is 0. The van der Waals surface area contributed by atoms with E-state index in [0.29, 0.717) is 24.6 Å². The Labute approximate surface area is 162 Å². The van der Waals surface area contributed by atoms with Crippen molar-refractivity contribution in [2.24, 2.45) is 5.92 Å². The van der Waals surface area contributed by atoms with Crippen LogP contribution in [0.5, 0.6) is 0 Å². The molecule has 1 aliphatic heterocycles. The molecule has 0 bridgehead atoms. The molecular formula is C22H27NO3S. The maximum Gasteiger partial charge on any atom is 0.255 e. The Morgan fingerprint density at radius 3 is 2.22 bits per heavy atom. The molecule has 144 valence electrons.